The summed E-state index contributed by atoms with van der Waals surface area (Å²) < 4.78 is 16.2. The molecule has 11 heteroatoms. The largest absolute Gasteiger partial charge is 0.365 e. The first-order valence-electron chi connectivity index (χ1n) is 11.1. The van der Waals surface area contributed by atoms with Gasteiger partial charge in [0, 0.05) is 35.4 Å². The van der Waals surface area contributed by atoms with Gasteiger partial charge in [0.2, 0.25) is 5.95 Å². The molecule has 1 aromatic carbocycles. The van der Waals surface area contributed by atoms with Gasteiger partial charge in [0.05, 0.1) is 17.8 Å². The maximum absolute atomic E-state index is 14.6. The van der Waals surface area contributed by atoms with Gasteiger partial charge in [0.25, 0.3) is 0 Å². The maximum Gasteiger partial charge on any atom is 0.229 e. The number of nitrogens with zero attached hydrogens (tertiary/aromatic N) is 8. The van der Waals surface area contributed by atoms with Crippen molar-refractivity contribution in [1.29, 1.82) is 5.26 Å². The first-order valence-corrected chi connectivity index (χ1v) is 11.1. The van der Waals surface area contributed by atoms with Gasteiger partial charge in [-0.25, -0.2) is 14.1 Å². The number of hydrogen-bond donors (Lipinski definition) is 2. The van der Waals surface area contributed by atoms with Gasteiger partial charge in [-0.05, 0) is 76.2 Å². The summed E-state index contributed by atoms with van der Waals surface area (Å²) in [5.74, 6) is 0.354. The molecule has 2 aromatic heterocycles. The minimum Gasteiger partial charge on any atom is -0.365 e. The van der Waals surface area contributed by atoms with Gasteiger partial charge in [0.1, 0.15) is 0 Å². The van der Waals surface area contributed by atoms with Crippen LogP contribution in [-0.2, 0) is 7.05 Å². The van der Waals surface area contributed by atoms with Crippen LogP contribution in [0.1, 0.15) is 46.1 Å². The number of anilines is 3. The lowest BCUT2D eigenvalue weighted by molar-refractivity contribution is -0.00778. The van der Waals surface area contributed by atoms with Gasteiger partial charge >= 0.3 is 0 Å². The Hall–Kier alpha value is -3.65. The van der Waals surface area contributed by atoms with Crippen molar-refractivity contribution in [2.24, 2.45) is 7.05 Å². The lowest BCUT2D eigenvalue weighted by Crippen LogP contribution is -2.61. The highest BCUT2D eigenvalue weighted by atomic mass is 19.1. The summed E-state index contributed by atoms with van der Waals surface area (Å²) in [7, 11) is 3.85. The predicted octanol–water partition coefficient (Wildman–Crippen LogP) is 3.48. The fourth-order valence-electron chi connectivity index (χ4n) is 4.69. The van der Waals surface area contributed by atoms with Gasteiger partial charge < -0.3 is 10.6 Å². The highest BCUT2D eigenvalue weighted by molar-refractivity contribution is 5.68. The smallest absolute Gasteiger partial charge is 0.229 e. The van der Waals surface area contributed by atoms with E-state index in [9.17, 15) is 9.65 Å². The highest BCUT2D eigenvalue weighted by Gasteiger charge is 2.43. The monoisotopic (exact) mass is 464 g/mol. The average molecular weight is 465 g/mol. The number of likely N-dealkylation sites (tertiary alicyclic amines) is 1. The summed E-state index contributed by atoms with van der Waals surface area (Å²) >= 11 is 0. The van der Waals surface area contributed by atoms with Crippen LogP contribution < -0.4 is 10.6 Å². The van der Waals surface area contributed by atoms with E-state index in [2.05, 4.69) is 81.8 Å². The van der Waals surface area contributed by atoms with Crippen LogP contribution in [0.4, 0.5) is 21.8 Å². The van der Waals surface area contributed by atoms with E-state index in [0.717, 1.165) is 19.0 Å². The molecular formula is C23H29FN10. The summed E-state index contributed by atoms with van der Waals surface area (Å²) in [6.45, 7) is 8.77. The molecule has 34 heavy (non-hydrogen) atoms. The molecule has 10 nitrogen and oxygen atoms in total. The molecule has 0 bridgehead atoms. The molecule has 0 amide bonds. The van der Waals surface area contributed by atoms with E-state index in [4.69, 9.17) is 0 Å². The first kappa shape index (κ1) is 23.5. The molecule has 0 radical (unpaired) electrons. The Balaban J connectivity index is 1.59. The normalized spacial score (nSPS) is 17.8. The molecule has 0 saturated carbocycles. The van der Waals surface area contributed by atoms with Crippen LogP contribution in [0.25, 0.3) is 11.4 Å². The molecule has 0 unspecified atom stereocenters. The van der Waals surface area contributed by atoms with E-state index in [1.54, 1.807) is 25.2 Å². The summed E-state index contributed by atoms with van der Waals surface area (Å²) in [5.41, 5.74) is 1.54. The maximum atomic E-state index is 14.6. The second-order valence-corrected chi connectivity index (χ2v) is 9.99. The molecule has 0 spiro atoms. The van der Waals surface area contributed by atoms with Crippen LogP contribution in [-0.4, -0.2) is 59.2 Å². The number of nitriles is 1. The van der Waals surface area contributed by atoms with Crippen molar-refractivity contribution < 1.29 is 4.39 Å². The molecule has 1 aliphatic rings. The predicted molar refractivity (Wildman–Crippen MR) is 127 cm³/mol. The van der Waals surface area contributed by atoms with Crippen LogP contribution in [0.15, 0.2) is 24.4 Å². The van der Waals surface area contributed by atoms with E-state index < -0.39 is 5.82 Å². The molecule has 4 rings (SSSR count). The van der Waals surface area contributed by atoms with Crippen LogP contribution >= 0.6 is 0 Å². The van der Waals surface area contributed by atoms with Crippen molar-refractivity contribution in [3.05, 3.63) is 35.8 Å². The molecule has 178 valence electrons. The molecule has 0 aliphatic carbocycles. The van der Waals surface area contributed by atoms with Gasteiger partial charge in [-0.1, -0.05) is 0 Å². The van der Waals surface area contributed by atoms with E-state index >= 15 is 0 Å². The van der Waals surface area contributed by atoms with Crippen molar-refractivity contribution in [2.75, 3.05) is 17.7 Å². The third-order valence-corrected chi connectivity index (χ3v) is 6.59. The van der Waals surface area contributed by atoms with Crippen molar-refractivity contribution in [3.8, 4) is 17.5 Å². The zero-order valence-corrected chi connectivity index (χ0v) is 20.3. The standard InChI is InChI=1S/C23H29FN10/c1-22(2)10-17(11-23(3,4)34(22)6)27-19-18(24)13-26-21(29-19)28-16-8-14(12-25)7-15(9-16)20-30-31-32-33(20)5/h7-9,13,17H,10-11H2,1-6H3,(H2,26,27,28,29). The fraction of sp³-hybridized carbons (Fsp3) is 0.478. The summed E-state index contributed by atoms with van der Waals surface area (Å²) in [5, 5.41) is 27.3. The Labute approximate surface area is 198 Å². The Morgan fingerprint density at radius 3 is 2.44 bits per heavy atom. The van der Waals surface area contributed by atoms with Gasteiger partial charge in [-0.15, -0.1) is 5.10 Å². The van der Waals surface area contributed by atoms with Crippen LogP contribution in [0.3, 0.4) is 0 Å². The lowest BCUT2D eigenvalue weighted by Gasteiger charge is -2.53. The summed E-state index contributed by atoms with van der Waals surface area (Å²) in [6, 6.07) is 7.33. The Morgan fingerprint density at radius 2 is 1.82 bits per heavy atom. The van der Waals surface area contributed by atoms with Crippen molar-refractivity contribution in [3.63, 3.8) is 0 Å². The number of aryl methyl sites for hydroxylation is 1. The molecule has 0 atom stereocenters. The van der Waals surface area contributed by atoms with Crippen molar-refractivity contribution >= 4 is 17.5 Å². The zero-order chi connectivity index (χ0) is 24.7. The van der Waals surface area contributed by atoms with Gasteiger partial charge in [-0.2, -0.15) is 10.2 Å². The molecule has 3 heterocycles. The summed E-state index contributed by atoms with van der Waals surface area (Å²) in [4.78, 5) is 10.8. The number of aromatic nitrogens is 6. The third-order valence-electron chi connectivity index (χ3n) is 6.59. The minimum absolute atomic E-state index is 0.0488. The van der Waals surface area contributed by atoms with Gasteiger partial charge in [-0.3, -0.25) is 4.90 Å². The number of hydrogen-bond acceptors (Lipinski definition) is 9. The Morgan fingerprint density at radius 1 is 1.12 bits per heavy atom. The molecule has 1 saturated heterocycles. The van der Waals surface area contributed by atoms with Crippen LogP contribution in [0, 0.1) is 17.1 Å². The third kappa shape index (κ3) is 4.68. The van der Waals surface area contributed by atoms with Gasteiger partial charge in [0.15, 0.2) is 17.5 Å². The van der Waals surface area contributed by atoms with E-state index in [1.807, 2.05) is 0 Å². The van der Waals surface area contributed by atoms with E-state index in [0.29, 0.717) is 22.6 Å². The van der Waals surface area contributed by atoms with Crippen molar-refractivity contribution in [2.45, 2.75) is 57.7 Å². The number of rotatable bonds is 5. The first-order chi connectivity index (χ1) is 16.0. The molecule has 1 aliphatic heterocycles. The molecule has 1 fully saturated rings. The highest BCUT2D eigenvalue weighted by Crippen LogP contribution is 2.38. The lowest BCUT2D eigenvalue weighted by atomic mass is 9.77. The number of nitrogens with one attached hydrogen (secondary N) is 2. The quantitative estimate of drug-likeness (QED) is 0.584. The van der Waals surface area contributed by atoms with Crippen molar-refractivity contribution in [1.82, 2.24) is 35.1 Å². The van der Waals surface area contributed by atoms with E-state index in [-0.39, 0.29) is 28.9 Å². The second-order valence-electron chi connectivity index (χ2n) is 9.99. The summed E-state index contributed by atoms with van der Waals surface area (Å²) in [6.07, 6.45) is 2.83. The molecule has 2 N–H and O–H groups in total. The molecule has 3 aromatic rings. The van der Waals surface area contributed by atoms with E-state index in [1.165, 1.54) is 4.68 Å². The number of halogens is 1. The number of tetrazole rings is 1. The van der Waals surface area contributed by atoms with Crippen LogP contribution in [0.5, 0.6) is 0 Å². The zero-order valence-electron chi connectivity index (χ0n) is 20.3. The second kappa shape index (κ2) is 8.61. The fourth-order valence-corrected chi connectivity index (χ4v) is 4.69. The minimum atomic E-state index is -0.517. The Bertz CT molecular complexity index is 1220. The Kier molecular flexibility index (Phi) is 5.95. The van der Waals surface area contributed by atoms with Crippen LogP contribution in [0.2, 0.25) is 0 Å². The number of piperidine rings is 1. The number of benzene rings is 1. The topological polar surface area (TPSA) is 120 Å². The average Bonchev–Trinajstić information content (AvgIpc) is 3.19. The molecular weight excluding hydrogens is 435 g/mol. The SMILES string of the molecule is CN1C(C)(C)CC(Nc2nc(Nc3cc(C#N)cc(-c4nnnn4C)c3)ncc2F)CC1(C)C.